The molecule has 5 nitrogen and oxygen atoms in total. The summed E-state index contributed by atoms with van der Waals surface area (Å²) in [5.41, 5.74) is 6.21. The number of benzene rings is 1. The van der Waals surface area contributed by atoms with Crippen molar-refractivity contribution in [3.05, 3.63) is 33.1 Å². The van der Waals surface area contributed by atoms with E-state index in [4.69, 9.17) is 28.9 Å². The lowest BCUT2D eigenvalue weighted by atomic mass is 10.3. The van der Waals surface area contributed by atoms with Crippen LogP contribution in [-0.4, -0.2) is 17.4 Å². The molecule has 0 radical (unpaired) electrons. The molecule has 0 saturated heterocycles. The van der Waals surface area contributed by atoms with Gasteiger partial charge in [0, 0.05) is 6.54 Å². The van der Waals surface area contributed by atoms with E-state index in [0.29, 0.717) is 25.7 Å². The van der Waals surface area contributed by atoms with E-state index in [1.54, 1.807) is 18.2 Å². The second kappa shape index (κ2) is 6.98. The third kappa shape index (κ3) is 3.78. The Morgan fingerprint density at radius 1 is 1.43 bits per heavy atom. The van der Waals surface area contributed by atoms with Crippen molar-refractivity contribution in [1.29, 1.82) is 0 Å². The SMILES string of the molecule is CCCNc1nc(N)c(C(=O)Nc2cccc(Cl)c2Cl)s1. The minimum absolute atomic E-state index is 0.189. The highest BCUT2D eigenvalue weighted by molar-refractivity contribution is 7.18. The molecule has 0 aliphatic heterocycles. The highest BCUT2D eigenvalue weighted by Crippen LogP contribution is 2.31. The third-order valence-corrected chi connectivity index (χ3v) is 4.43. The zero-order valence-electron chi connectivity index (χ0n) is 11.2. The van der Waals surface area contributed by atoms with Crippen LogP contribution in [0, 0.1) is 0 Å². The fraction of sp³-hybridized carbons (Fsp3) is 0.231. The minimum atomic E-state index is -0.362. The summed E-state index contributed by atoms with van der Waals surface area (Å²) in [5, 5.41) is 7.07. The van der Waals surface area contributed by atoms with E-state index < -0.39 is 0 Å². The van der Waals surface area contributed by atoms with Crippen LogP contribution in [0.2, 0.25) is 10.0 Å². The Morgan fingerprint density at radius 3 is 2.90 bits per heavy atom. The van der Waals surface area contributed by atoms with Gasteiger partial charge in [0.2, 0.25) is 0 Å². The van der Waals surface area contributed by atoms with Gasteiger partial charge in [0.15, 0.2) is 5.13 Å². The number of nitrogen functional groups attached to an aromatic ring is 1. The number of amides is 1. The van der Waals surface area contributed by atoms with Crippen molar-refractivity contribution in [2.45, 2.75) is 13.3 Å². The number of aromatic nitrogens is 1. The van der Waals surface area contributed by atoms with Gasteiger partial charge in [-0.2, -0.15) is 0 Å². The van der Waals surface area contributed by atoms with Crippen LogP contribution in [0.5, 0.6) is 0 Å². The molecule has 1 heterocycles. The maximum atomic E-state index is 12.2. The average molecular weight is 345 g/mol. The fourth-order valence-electron chi connectivity index (χ4n) is 1.58. The molecule has 0 spiro atoms. The molecule has 2 rings (SSSR count). The van der Waals surface area contributed by atoms with E-state index in [2.05, 4.69) is 15.6 Å². The lowest BCUT2D eigenvalue weighted by Gasteiger charge is -2.07. The van der Waals surface area contributed by atoms with Crippen LogP contribution in [-0.2, 0) is 0 Å². The summed E-state index contributed by atoms with van der Waals surface area (Å²) in [4.78, 5) is 16.7. The Labute approximate surface area is 136 Å². The molecule has 1 amide bonds. The second-order valence-electron chi connectivity index (χ2n) is 4.22. The van der Waals surface area contributed by atoms with Crippen LogP contribution in [0.4, 0.5) is 16.6 Å². The minimum Gasteiger partial charge on any atom is -0.382 e. The first-order valence-electron chi connectivity index (χ1n) is 6.28. The first-order valence-corrected chi connectivity index (χ1v) is 7.85. The van der Waals surface area contributed by atoms with Gasteiger partial charge in [-0.3, -0.25) is 4.79 Å². The summed E-state index contributed by atoms with van der Waals surface area (Å²) in [6.45, 7) is 2.81. The molecular weight excluding hydrogens is 331 g/mol. The van der Waals surface area contributed by atoms with E-state index in [1.807, 2.05) is 6.92 Å². The predicted molar refractivity (Wildman–Crippen MR) is 89.7 cm³/mol. The highest BCUT2D eigenvalue weighted by atomic mass is 35.5. The van der Waals surface area contributed by atoms with Gasteiger partial charge >= 0.3 is 0 Å². The summed E-state index contributed by atoms with van der Waals surface area (Å²) >= 11 is 13.1. The molecule has 1 aromatic heterocycles. The smallest absolute Gasteiger partial charge is 0.269 e. The lowest BCUT2D eigenvalue weighted by Crippen LogP contribution is -2.12. The molecule has 0 aliphatic rings. The van der Waals surface area contributed by atoms with Crippen LogP contribution in [0.15, 0.2) is 18.2 Å². The number of nitrogens with zero attached hydrogens (tertiary/aromatic N) is 1. The molecule has 112 valence electrons. The van der Waals surface area contributed by atoms with Crippen molar-refractivity contribution in [2.75, 3.05) is 22.9 Å². The molecule has 21 heavy (non-hydrogen) atoms. The topological polar surface area (TPSA) is 80.0 Å². The Morgan fingerprint density at radius 2 is 2.19 bits per heavy atom. The van der Waals surface area contributed by atoms with Crippen molar-refractivity contribution in [3.63, 3.8) is 0 Å². The highest BCUT2D eigenvalue weighted by Gasteiger charge is 2.17. The predicted octanol–water partition coefficient (Wildman–Crippen LogP) is 4.11. The number of nitrogens with one attached hydrogen (secondary N) is 2. The third-order valence-electron chi connectivity index (χ3n) is 2.59. The van der Waals surface area contributed by atoms with Crippen LogP contribution < -0.4 is 16.4 Å². The second-order valence-corrected chi connectivity index (χ2v) is 6.00. The van der Waals surface area contributed by atoms with Gasteiger partial charge in [-0.25, -0.2) is 4.98 Å². The van der Waals surface area contributed by atoms with Gasteiger partial charge in [0.25, 0.3) is 5.91 Å². The molecule has 0 saturated carbocycles. The van der Waals surface area contributed by atoms with Crippen molar-refractivity contribution in [2.24, 2.45) is 0 Å². The Balaban J connectivity index is 2.16. The summed E-state index contributed by atoms with van der Waals surface area (Å²) in [6.07, 6.45) is 0.957. The number of hydrogen-bond acceptors (Lipinski definition) is 5. The van der Waals surface area contributed by atoms with Gasteiger partial charge in [0.05, 0.1) is 15.7 Å². The monoisotopic (exact) mass is 344 g/mol. The maximum Gasteiger partial charge on any atom is 0.269 e. The zero-order valence-corrected chi connectivity index (χ0v) is 13.6. The molecular formula is C13H14Cl2N4OS. The van der Waals surface area contributed by atoms with Gasteiger partial charge in [0.1, 0.15) is 10.7 Å². The molecule has 0 fully saturated rings. The van der Waals surface area contributed by atoms with Crippen LogP contribution in [0.1, 0.15) is 23.0 Å². The number of halogens is 2. The van der Waals surface area contributed by atoms with Crippen molar-refractivity contribution < 1.29 is 4.79 Å². The summed E-state index contributed by atoms with van der Waals surface area (Å²) < 4.78 is 0. The van der Waals surface area contributed by atoms with E-state index in [9.17, 15) is 4.79 Å². The summed E-state index contributed by atoms with van der Waals surface area (Å²) in [5.74, 6) is -0.173. The molecule has 8 heteroatoms. The molecule has 0 bridgehead atoms. The van der Waals surface area contributed by atoms with Gasteiger partial charge in [-0.15, -0.1) is 0 Å². The quantitative estimate of drug-likeness (QED) is 0.762. The normalized spacial score (nSPS) is 10.4. The zero-order chi connectivity index (χ0) is 15.4. The number of hydrogen-bond donors (Lipinski definition) is 3. The van der Waals surface area contributed by atoms with Crippen molar-refractivity contribution in [3.8, 4) is 0 Å². The number of carbonyl (C=O) groups excluding carboxylic acids is 1. The molecule has 4 N–H and O–H groups in total. The number of nitrogens with two attached hydrogens (primary N) is 1. The Bertz CT molecular complexity index is 660. The molecule has 2 aromatic rings. The van der Waals surface area contributed by atoms with E-state index in [-0.39, 0.29) is 11.7 Å². The van der Waals surface area contributed by atoms with Gasteiger partial charge in [-0.1, -0.05) is 47.5 Å². The number of carbonyl (C=O) groups is 1. The van der Waals surface area contributed by atoms with Crippen molar-refractivity contribution >= 4 is 57.1 Å². The number of rotatable bonds is 5. The largest absolute Gasteiger partial charge is 0.382 e. The maximum absolute atomic E-state index is 12.2. The van der Waals surface area contributed by atoms with Gasteiger partial charge in [-0.05, 0) is 18.6 Å². The van der Waals surface area contributed by atoms with Crippen molar-refractivity contribution in [1.82, 2.24) is 4.98 Å². The molecule has 0 atom stereocenters. The van der Waals surface area contributed by atoms with E-state index in [0.717, 1.165) is 13.0 Å². The fourth-order valence-corrected chi connectivity index (χ4v) is 2.73. The molecule has 0 aliphatic carbocycles. The Hall–Kier alpha value is -1.50. The Kier molecular flexibility index (Phi) is 5.27. The average Bonchev–Trinajstić information content (AvgIpc) is 2.83. The summed E-state index contributed by atoms with van der Waals surface area (Å²) in [6, 6.07) is 5.01. The van der Waals surface area contributed by atoms with E-state index >= 15 is 0 Å². The van der Waals surface area contributed by atoms with E-state index in [1.165, 1.54) is 11.3 Å². The first kappa shape index (κ1) is 15.9. The molecule has 0 unspecified atom stereocenters. The summed E-state index contributed by atoms with van der Waals surface area (Å²) in [7, 11) is 0. The van der Waals surface area contributed by atoms with Crippen LogP contribution in [0.3, 0.4) is 0 Å². The van der Waals surface area contributed by atoms with Crippen LogP contribution in [0.25, 0.3) is 0 Å². The lowest BCUT2D eigenvalue weighted by molar-refractivity contribution is 0.103. The molecule has 1 aromatic carbocycles. The first-order chi connectivity index (χ1) is 10.0. The number of anilines is 3. The standard InChI is InChI=1S/C13H14Cl2N4OS/c1-2-6-17-13-19-11(16)10(21-13)12(20)18-8-5-3-4-7(14)9(8)15/h3-5H,2,6,16H2,1H3,(H,17,19)(H,18,20). The van der Waals surface area contributed by atoms with Crippen LogP contribution >= 0.6 is 34.5 Å². The number of thiazole rings is 1. The van der Waals surface area contributed by atoms with Gasteiger partial charge < -0.3 is 16.4 Å².